The molecule has 4 nitrogen and oxygen atoms in total. The van der Waals surface area contributed by atoms with Crippen molar-refractivity contribution in [1.29, 1.82) is 0 Å². The van der Waals surface area contributed by atoms with E-state index in [0.717, 1.165) is 6.54 Å². The van der Waals surface area contributed by atoms with E-state index in [-0.39, 0.29) is 5.56 Å². The summed E-state index contributed by atoms with van der Waals surface area (Å²) in [4.78, 5) is 13.5. The zero-order valence-corrected chi connectivity index (χ0v) is 7.93. The lowest BCUT2D eigenvalue weighted by Gasteiger charge is -2.08. The molecule has 3 N–H and O–H groups in total. The molecular formula is C8H11N3OS. The van der Waals surface area contributed by atoms with E-state index in [1.807, 2.05) is 0 Å². The van der Waals surface area contributed by atoms with E-state index in [1.54, 1.807) is 4.57 Å². The van der Waals surface area contributed by atoms with Crippen molar-refractivity contribution >= 4 is 18.0 Å². The van der Waals surface area contributed by atoms with Gasteiger partial charge in [-0.1, -0.05) is 0 Å². The first-order valence-corrected chi connectivity index (χ1v) is 4.67. The lowest BCUT2D eigenvalue weighted by molar-refractivity contribution is 0.611. The van der Waals surface area contributed by atoms with Gasteiger partial charge < -0.3 is 10.3 Å². The first kappa shape index (κ1) is 8.50. The SMILES string of the molecule is Nc1cc(=O)[nH]c(=S)n1CC1CC1. The molecule has 70 valence electrons. The largest absolute Gasteiger partial charge is 0.385 e. The molecule has 1 saturated carbocycles. The average Bonchev–Trinajstić information content (AvgIpc) is 2.79. The molecule has 0 aliphatic heterocycles. The van der Waals surface area contributed by atoms with Gasteiger partial charge in [0.05, 0.1) is 0 Å². The Morgan fingerprint density at radius 1 is 1.69 bits per heavy atom. The smallest absolute Gasteiger partial charge is 0.253 e. The fourth-order valence-corrected chi connectivity index (χ4v) is 1.57. The fraction of sp³-hybridized carbons (Fsp3) is 0.500. The highest BCUT2D eigenvalue weighted by molar-refractivity contribution is 7.71. The van der Waals surface area contributed by atoms with Gasteiger partial charge in [0, 0.05) is 12.6 Å². The van der Waals surface area contributed by atoms with Crippen molar-refractivity contribution in [3.63, 3.8) is 0 Å². The van der Waals surface area contributed by atoms with Gasteiger partial charge in [0.15, 0.2) is 4.77 Å². The number of rotatable bonds is 2. The molecule has 0 saturated heterocycles. The van der Waals surface area contributed by atoms with E-state index in [4.69, 9.17) is 18.0 Å². The van der Waals surface area contributed by atoms with Crippen LogP contribution in [0.1, 0.15) is 12.8 Å². The summed E-state index contributed by atoms with van der Waals surface area (Å²) in [7, 11) is 0. The zero-order valence-electron chi connectivity index (χ0n) is 7.12. The molecule has 0 radical (unpaired) electrons. The van der Waals surface area contributed by atoms with Crippen LogP contribution in [0.5, 0.6) is 0 Å². The summed E-state index contributed by atoms with van der Waals surface area (Å²) in [5, 5.41) is 0. The average molecular weight is 197 g/mol. The predicted molar refractivity (Wildman–Crippen MR) is 53.0 cm³/mol. The Labute approximate surface area is 80.4 Å². The summed E-state index contributed by atoms with van der Waals surface area (Å²) in [6.45, 7) is 0.835. The van der Waals surface area contributed by atoms with E-state index < -0.39 is 0 Å². The van der Waals surface area contributed by atoms with Crippen LogP contribution < -0.4 is 11.3 Å². The molecule has 1 aliphatic rings. The number of H-pyrrole nitrogens is 1. The van der Waals surface area contributed by atoms with Gasteiger partial charge in [-0.05, 0) is 31.0 Å². The second-order valence-corrected chi connectivity index (χ2v) is 3.80. The normalized spacial score (nSPS) is 16.0. The highest BCUT2D eigenvalue weighted by atomic mass is 32.1. The zero-order chi connectivity index (χ0) is 9.42. The Bertz CT molecular complexity index is 430. The van der Waals surface area contributed by atoms with Crippen LogP contribution in [-0.2, 0) is 6.54 Å². The number of aromatic nitrogens is 2. The van der Waals surface area contributed by atoms with Crippen LogP contribution in [0.15, 0.2) is 10.9 Å². The van der Waals surface area contributed by atoms with Gasteiger partial charge in [0.2, 0.25) is 0 Å². The van der Waals surface area contributed by atoms with E-state index >= 15 is 0 Å². The number of nitrogens with one attached hydrogen (secondary N) is 1. The minimum Gasteiger partial charge on any atom is -0.385 e. The molecule has 5 heteroatoms. The van der Waals surface area contributed by atoms with Crippen LogP contribution in [0.25, 0.3) is 0 Å². The molecule has 13 heavy (non-hydrogen) atoms. The lowest BCUT2D eigenvalue weighted by Crippen LogP contribution is -2.16. The Hall–Kier alpha value is -1.10. The van der Waals surface area contributed by atoms with Gasteiger partial charge in [-0.15, -0.1) is 0 Å². The van der Waals surface area contributed by atoms with Gasteiger partial charge in [0.25, 0.3) is 5.56 Å². The first-order valence-electron chi connectivity index (χ1n) is 4.26. The van der Waals surface area contributed by atoms with Gasteiger partial charge in [0.1, 0.15) is 5.82 Å². The Morgan fingerprint density at radius 3 is 2.92 bits per heavy atom. The molecule has 0 spiro atoms. The van der Waals surface area contributed by atoms with Gasteiger partial charge in [-0.3, -0.25) is 9.78 Å². The number of nitrogen functional groups attached to an aromatic ring is 1. The van der Waals surface area contributed by atoms with Crippen molar-refractivity contribution in [1.82, 2.24) is 9.55 Å². The van der Waals surface area contributed by atoms with Crippen molar-refractivity contribution in [2.24, 2.45) is 5.92 Å². The summed E-state index contributed by atoms with van der Waals surface area (Å²) in [5.74, 6) is 1.15. The molecule has 0 atom stereocenters. The molecule has 1 heterocycles. The van der Waals surface area contributed by atoms with Crippen molar-refractivity contribution in [2.75, 3.05) is 5.73 Å². The molecule has 2 rings (SSSR count). The lowest BCUT2D eigenvalue weighted by atomic mass is 10.4. The van der Waals surface area contributed by atoms with Crippen molar-refractivity contribution in [2.45, 2.75) is 19.4 Å². The van der Waals surface area contributed by atoms with Crippen molar-refractivity contribution in [3.05, 3.63) is 21.2 Å². The molecule has 1 aromatic heterocycles. The first-order chi connectivity index (χ1) is 6.16. The Kier molecular flexibility index (Phi) is 1.95. The number of hydrogen-bond acceptors (Lipinski definition) is 3. The van der Waals surface area contributed by atoms with E-state index in [2.05, 4.69) is 4.98 Å². The van der Waals surface area contributed by atoms with Crippen LogP contribution in [0, 0.1) is 10.7 Å². The molecule has 1 aliphatic carbocycles. The maximum atomic E-state index is 10.9. The van der Waals surface area contributed by atoms with E-state index in [0.29, 0.717) is 16.5 Å². The van der Waals surface area contributed by atoms with Gasteiger partial charge in [-0.2, -0.15) is 0 Å². The number of nitrogens with two attached hydrogens (primary N) is 1. The summed E-state index contributed by atoms with van der Waals surface area (Å²) in [5.41, 5.74) is 5.45. The molecule has 1 aromatic rings. The van der Waals surface area contributed by atoms with Crippen LogP contribution >= 0.6 is 12.2 Å². The second kappa shape index (κ2) is 2.99. The maximum absolute atomic E-state index is 10.9. The number of aromatic amines is 1. The third kappa shape index (κ3) is 1.80. The molecule has 0 aromatic carbocycles. The van der Waals surface area contributed by atoms with E-state index in [1.165, 1.54) is 18.9 Å². The number of hydrogen-bond donors (Lipinski definition) is 2. The predicted octanol–water partition coefficient (Wildman–Crippen LogP) is 0.898. The summed E-state index contributed by atoms with van der Waals surface area (Å²) < 4.78 is 2.21. The topological polar surface area (TPSA) is 63.8 Å². The summed E-state index contributed by atoms with van der Waals surface area (Å²) >= 11 is 5.00. The molecule has 1 fully saturated rings. The van der Waals surface area contributed by atoms with Crippen LogP contribution in [0.4, 0.5) is 5.82 Å². The summed E-state index contributed by atoms with van der Waals surface area (Å²) in [6, 6.07) is 1.37. The molecule has 0 bridgehead atoms. The maximum Gasteiger partial charge on any atom is 0.253 e. The Balaban J connectivity index is 2.42. The molecule has 0 unspecified atom stereocenters. The molecule has 0 amide bonds. The van der Waals surface area contributed by atoms with Crippen LogP contribution in [-0.4, -0.2) is 9.55 Å². The summed E-state index contributed by atoms with van der Waals surface area (Å²) in [6.07, 6.45) is 2.47. The third-order valence-electron chi connectivity index (χ3n) is 2.20. The highest BCUT2D eigenvalue weighted by Gasteiger charge is 2.22. The highest BCUT2D eigenvalue weighted by Crippen LogP contribution is 2.31. The quantitative estimate of drug-likeness (QED) is 0.692. The van der Waals surface area contributed by atoms with Crippen LogP contribution in [0.2, 0.25) is 0 Å². The fourth-order valence-electron chi connectivity index (χ4n) is 1.29. The van der Waals surface area contributed by atoms with Gasteiger partial charge >= 0.3 is 0 Å². The number of nitrogens with zero attached hydrogens (tertiary/aromatic N) is 1. The standard InChI is InChI=1S/C8H11N3OS/c9-6-3-7(12)10-8(13)11(6)4-5-1-2-5/h3,5H,1-2,4,9H2,(H,10,12,13). The Morgan fingerprint density at radius 2 is 2.38 bits per heavy atom. The monoisotopic (exact) mass is 197 g/mol. The minimum atomic E-state index is -0.227. The minimum absolute atomic E-state index is 0.227. The molecular weight excluding hydrogens is 186 g/mol. The second-order valence-electron chi connectivity index (χ2n) is 3.42. The van der Waals surface area contributed by atoms with E-state index in [9.17, 15) is 4.79 Å². The van der Waals surface area contributed by atoms with Crippen molar-refractivity contribution < 1.29 is 0 Å². The van der Waals surface area contributed by atoms with Gasteiger partial charge in [-0.25, -0.2) is 0 Å². The van der Waals surface area contributed by atoms with Crippen LogP contribution in [0.3, 0.4) is 0 Å². The number of anilines is 1. The third-order valence-corrected chi connectivity index (χ3v) is 2.53. The van der Waals surface area contributed by atoms with Crippen molar-refractivity contribution in [3.8, 4) is 0 Å².